The summed E-state index contributed by atoms with van der Waals surface area (Å²) in [5.74, 6) is -0.308. The van der Waals surface area contributed by atoms with E-state index in [-0.39, 0.29) is 17.5 Å². The molecule has 0 bridgehead atoms. The second-order valence-electron chi connectivity index (χ2n) is 9.24. The molecule has 2 aromatic rings. The normalized spacial score (nSPS) is 23.3. The van der Waals surface area contributed by atoms with E-state index in [9.17, 15) is 18.0 Å². The highest BCUT2D eigenvalue weighted by molar-refractivity contribution is 5.81. The second-order valence-corrected chi connectivity index (χ2v) is 9.24. The number of fused-ring (bicyclic) bond motifs is 1. The van der Waals surface area contributed by atoms with Crippen molar-refractivity contribution in [3.63, 3.8) is 0 Å². The molecule has 2 aromatic heterocycles. The van der Waals surface area contributed by atoms with Gasteiger partial charge in [-0.25, -0.2) is 9.50 Å². The number of carbonyl (C=O) groups excluding carboxylic acids is 1. The Morgan fingerprint density at radius 3 is 2.57 bits per heavy atom. The van der Waals surface area contributed by atoms with Crippen LogP contribution >= 0.6 is 0 Å². The minimum atomic E-state index is -4.56. The largest absolute Gasteiger partial charge is 0.433 e. The molecule has 0 saturated carbocycles. The minimum Gasteiger partial charge on any atom is -0.368 e. The third kappa shape index (κ3) is 4.04. The molecule has 1 amide bonds. The molecular weight excluding hydrogens is 397 g/mol. The summed E-state index contributed by atoms with van der Waals surface area (Å²) in [4.78, 5) is 19.0. The van der Waals surface area contributed by atoms with Crippen molar-refractivity contribution in [1.29, 1.82) is 0 Å². The van der Waals surface area contributed by atoms with E-state index in [2.05, 4.69) is 10.1 Å². The van der Waals surface area contributed by atoms with E-state index in [1.54, 1.807) is 11.0 Å². The third-order valence-electron chi connectivity index (χ3n) is 5.86. The van der Waals surface area contributed by atoms with Gasteiger partial charge in [0.25, 0.3) is 5.91 Å². The zero-order chi connectivity index (χ0) is 21.7. The molecule has 2 aliphatic heterocycles. The van der Waals surface area contributed by atoms with Crippen molar-refractivity contribution in [2.75, 3.05) is 19.7 Å². The van der Waals surface area contributed by atoms with E-state index in [1.165, 1.54) is 0 Å². The SMILES string of the molecule is CC(C)(C)c1cc2nc([C@H]3CCCN(C(=O)[C@@H]4CCCO4)C3)cc(C(F)(F)F)n2n1. The first-order valence-corrected chi connectivity index (χ1v) is 10.4. The molecule has 0 N–H and O–H groups in total. The number of likely N-dealkylation sites (tertiary alicyclic amines) is 1. The maximum Gasteiger partial charge on any atom is 0.433 e. The minimum absolute atomic E-state index is 0.0614. The highest BCUT2D eigenvalue weighted by Gasteiger charge is 2.38. The predicted octanol–water partition coefficient (Wildman–Crippen LogP) is 3.93. The highest BCUT2D eigenvalue weighted by Crippen LogP contribution is 2.35. The van der Waals surface area contributed by atoms with Gasteiger partial charge in [0.05, 0.1) is 5.69 Å². The molecular formula is C21H27F3N4O2. The number of aromatic nitrogens is 3. The lowest BCUT2D eigenvalue weighted by Crippen LogP contribution is -2.44. The van der Waals surface area contributed by atoms with Crippen LogP contribution < -0.4 is 0 Å². The van der Waals surface area contributed by atoms with E-state index in [4.69, 9.17) is 4.74 Å². The summed E-state index contributed by atoms with van der Waals surface area (Å²) >= 11 is 0. The summed E-state index contributed by atoms with van der Waals surface area (Å²) in [6, 6.07) is 2.72. The molecule has 9 heteroatoms. The van der Waals surface area contributed by atoms with Crippen LogP contribution in [0.1, 0.15) is 69.5 Å². The van der Waals surface area contributed by atoms with Gasteiger partial charge in [0, 0.05) is 42.8 Å². The van der Waals surface area contributed by atoms with Gasteiger partial charge in [-0.3, -0.25) is 4.79 Å². The molecule has 0 aliphatic carbocycles. The lowest BCUT2D eigenvalue weighted by Gasteiger charge is -2.34. The molecule has 4 rings (SSSR count). The zero-order valence-electron chi connectivity index (χ0n) is 17.5. The van der Waals surface area contributed by atoms with Gasteiger partial charge in [-0.15, -0.1) is 0 Å². The van der Waals surface area contributed by atoms with E-state index < -0.39 is 23.4 Å². The van der Waals surface area contributed by atoms with E-state index in [0.717, 1.165) is 23.4 Å². The molecule has 2 atom stereocenters. The van der Waals surface area contributed by atoms with E-state index in [1.807, 2.05) is 20.8 Å². The Labute approximate surface area is 173 Å². The maximum absolute atomic E-state index is 13.8. The summed E-state index contributed by atoms with van der Waals surface area (Å²) in [5.41, 5.74) is -0.129. The molecule has 2 aliphatic rings. The van der Waals surface area contributed by atoms with Crippen molar-refractivity contribution in [1.82, 2.24) is 19.5 Å². The quantitative estimate of drug-likeness (QED) is 0.733. The van der Waals surface area contributed by atoms with Gasteiger partial charge in [0.2, 0.25) is 0 Å². The Morgan fingerprint density at radius 2 is 1.93 bits per heavy atom. The first-order chi connectivity index (χ1) is 14.0. The average molecular weight is 424 g/mol. The van der Waals surface area contributed by atoms with Gasteiger partial charge in [-0.1, -0.05) is 20.8 Å². The van der Waals surface area contributed by atoms with Crippen molar-refractivity contribution in [2.45, 2.75) is 70.1 Å². The number of amides is 1. The van der Waals surface area contributed by atoms with Crippen LogP contribution in [-0.2, 0) is 21.1 Å². The van der Waals surface area contributed by atoms with Crippen LogP contribution in [-0.4, -0.2) is 51.2 Å². The number of rotatable bonds is 2. The van der Waals surface area contributed by atoms with Crippen LogP contribution in [0.3, 0.4) is 0 Å². The number of hydrogen-bond acceptors (Lipinski definition) is 4. The lowest BCUT2D eigenvalue weighted by atomic mass is 9.92. The molecule has 4 heterocycles. The van der Waals surface area contributed by atoms with Gasteiger partial charge in [-0.2, -0.15) is 18.3 Å². The summed E-state index contributed by atoms with van der Waals surface area (Å²) in [7, 11) is 0. The molecule has 0 spiro atoms. The summed E-state index contributed by atoms with van der Waals surface area (Å²) in [6.07, 6.45) is -2.00. The van der Waals surface area contributed by atoms with Crippen molar-refractivity contribution in [3.8, 4) is 0 Å². The topological polar surface area (TPSA) is 59.7 Å². The molecule has 30 heavy (non-hydrogen) atoms. The molecule has 0 radical (unpaired) electrons. The Bertz CT molecular complexity index is 942. The Kier molecular flexibility index (Phi) is 5.28. The summed E-state index contributed by atoms with van der Waals surface area (Å²) in [5, 5.41) is 4.19. The van der Waals surface area contributed by atoms with Crippen molar-refractivity contribution in [3.05, 3.63) is 29.2 Å². The number of alkyl halides is 3. The molecule has 0 aromatic carbocycles. The van der Waals surface area contributed by atoms with Gasteiger partial charge in [0.1, 0.15) is 11.8 Å². The molecule has 2 fully saturated rings. The van der Waals surface area contributed by atoms with Gasteiger partial charge in [0.15, 0.2) is 5.65 Å². The summed E-state index contributed by atoms with van der Waals surface area (Å²) in [6.45, 7) is 7.25. The van der Waals surface area contributed by atoms with Crippen LogP contribution in [0, 0.1) is 0 Å². The Morgan fingerprint density at radius 1 is 1.17 bits per heavy atom. The number of piperidine rings is 1. The molecule has 0 unspecified atom stereocenters. The first kappa shape index (κ1) is 21.1. The molecule has 6 nitrogen and oxygen atoms in total. The van der Waals surface area contributed by atoms with Crippen LogP contribution in [0.15, 0.2) is 12.1 Å². The van der Waals surface area contributed by atoms with Crippen LogP contribution in [0.2, 0.25) is 0 Å². The van der Waals surface area contributed by atoms with Crippen molar-refractivity contribution in [2.24, 2.45) is 0 Å². The number of ether oxygens (including phenoxy) is 1. The van der Waals surface area contributed by atoms with Crippen LogP contribution in [0.4, 0.5) is 13.2 Å². The molecule has 2 saturated heterocycles. The zero-order valence-corrected chi connectivity index (χ0v) is 17.5. The lowest BCUT2D eigenvalue weighted by molar-refractivity contribution is -0.143. The standard InChI is InChI=1S/C21H27F3N4O2/c1-20(2,3)16-11-18-25-14(10-17(21(22,23)24)28(18)26-16)13-6-4-8-27(12-13)19(29)15-7-5-9-30-15/h10-11,13,15H,4-9,12H2,1-3H3/t13-,15-/m0/s1. The van der Waals surface area contributed by atoms with Crippen LogP contribution in [0.5, 0.6) is 0 Å². The number of hydrogen-bond donors (Lipinski definition) is 0. The highest BCUT2D eigenvalue weighted by atomic mass is 19.4. The van der Waals surface area contributed by atoms with E-state index in [0.29, 0.717) is 43.9 Å². The van der Waals surface area contributed by atoms with Crippen LogP contribution in [0.25, 0.3) is 5.65 Å². The fourth-order valence-electron chi connectivity index (χ4n) is 4.17. The first-order valence-electron chi connectivity index (χ1n) is 10.4. The van der Waals surface area contributed by atoms with Crippen molar-refractivity contribution >= 4 is 11.6 Å². The van der Waals surface area contributed by atoms with Gasteiger partial charge < -0.3 is 9.64 Å². The monoisotopic (exact) mass is 424 g/mol. The maximum atomic E-state index is 13.8. The molecule has 164 valence electrons. The Balaban J connectivity index is 1.68. The van der Waals surface area contributed by atoms with E-state index >= 15 is 0 Å². The fraction of sp³-hybridized carbons (Fsp3) is 0.667. The third-order valence-corrected chi connectivity index (χ3v) is 5.86. The second kappa shape index (κ2) is 7.51. The van der Waals surface area contributed by atoms with Gasteiger partial charge in [-0.05, 0) is 31.7 Å². The summed E-state index contributed by atoms with van der Waals surface area (Å²) < 4.78 is 47.8. The average Bonchev–Trinajstić information content (AvgIpc) is 3.35. The predicted molar refractivity (Wildman–Crippen MR) is 104 cm³/mol. The van der Waals surface area contributed by atoms with Crippen molar-refractivity contribution < 1.29 is 22.7 Å². The number of nitrogens with zero attached hydrogens (tertiary/aromatic N) is 4. The van der Waals surface area contributed by atoms with Gasteiger partial charge >= 0.3 is 6.18 Å². The number of halogens is 3. The fourth-order valence-corrected chi connectivity index (χ4v) is 4.17. The smallest absolute Gasteiger partial charge is 0.368 e. The Hall–Kier alpha value is -2.16. The number of carbonyl (C=O) groups is 1.